The fourth-order valence-corrected chi connectivity index (χ4v) is 2.51. The van der Waals surface area contributed by atoms with Gasteiger partial charge in [-0.1, -0.05) is 12.1 Å². The normalized spacial score (nSPS) is 12.0. The van der Waals surface area contributed by atoms with Gasteiger partial charge in [-0.3, -0.25) is 4.79 Å². The molecule has 2 aromatic carbocycles. The topological polar surface area (TPSA) is 110 Å². The second-order valence-electron chi connectivity index (χ2n) is 6.04. The van der Waals surface area contributed by atoms with E-state index in [0.29, 0.717) is 29.5 Å². The molecule has 0 unspecified atom stereocenters. The zero-order valence-corrected chi connectivity index (χ0v) is 14.6. The molecule has 26 heavy (non-hydrogen) atoms. The van der Waals surface area contributed by atoms with E-state index >= 15 is 0 Å². The number of phenols is 1. The number of nitrogens with zero attached hydrogens (tertiary/aromatic N) is 2. The molecule has 0 aliphatic heterocycles. The molecule has 3 aromatic rings. The first-order valence-electron chi connectivity index (χ1n) is 8.22. The molecule has 0 bridgehead atoms. The number of nitrogens with one attached hydrogen (secondary N) is 1. The molecule has 7 nitrogen and oxygen atoms in total. The summed E-state index contributed by atoms with van der Waals surface area (Å²) in [6.45, 7) is 3.75. The highest BCUT2D eigenvalue weighted by molar-refractivity contribution is 5.91. The van der Waals surface area contributed by atoms with Gasteiger partial charge in [0.2, 0.25) is 0 Å². The maximum atomic E-state index is 11.2. The Hall–Kier alpha value is -3.19. The summed E-state index contributed by atoms with van der Waals surface area (Å²) in [6, 6.07) is 12.0. The van der Waals surface area contributed by atoms with E-state index < -0.39 is 5.97 Å². The van der Waals surface area contributed by atoms with Crippen molar-refractivity contribution < 1.29 is 14.6 Å². The van der Waals surface area contributed by atoms with Gasteiger partial charge in [-0.2, -0.15) is 0 Å². The van der Waals surface area contributed by atoms with E-state index in [9.17, 15) is 9.90 Å². The Balaban J connectivity index is 2.11. The maximum absolute atomic E-state index is 11.2. The van der Waals surface area contributed by atoms with Crippen LogP contribution in [0, 0.1) is 0 Å². The molecule has 0 amide bonds. The van der Waals surface area contributed by atoms with Gasteiger partial charge in [0.05, 0.1) is 11.1 Å². The summed E-state index contributed by atoms with van der Waals surface area (Å²) in [7, 11) is 0. The second-order valence-corrected chi connectivity index (χ2v) is 6.04. The van der Waals surface area contributed by atoms with Crippen LogP contribution in [0.2, 0.25) is 0 Å². The minimum atomic E-state index is -0.444. The summed E-state index contributed by atoms with van der Waals surface area (Å²) in [4.78, 5) is 20.3. The van der Waals surface area contributed by atoms with E-state index in [4.69, 9.17) is 10.5 Å². The molecule has 1 heterocycles. The van der Waals surface area contributed by atoms with Gasteiger partial charge < -0.3 is 20.9 Å². The summed E-state index contributed by atoms with van der Waals surface area (Å²) < 4.78 is 5.09. The molecule has 0 saturated heterocycles. The highest BCUT2D eigenvalue weighted by Crippen LogP contribution is 2.33. The molecule has 134 valence electrons. The van der Waals surface area contributed by atoms with E-state index in [1.54, 1.807) is 0 Å². The Morgan fingerprint density at radius 2 is 2.04 bits per heavy atom. The third-order valence-electron chi connectivity index (χ3n) is 3.67. The van der Waals surface area contributed by atoms with Gasteiger partial charge in [-0.05, 0) is 37.3 Å². The van der Waals surface area contributed by atoms with Crippen LogP contribution in [0.15, 0.2) is 42.5 Å². The third-order valence-corrected chi connectivity index (χ3v) is 3.67. The molecule has 4 N–H and O–H groups in total. The van der Waals surface area contributed by atoms with E-state index in [-0.39, 0.29) is 11.8 Å². The molecule has 7 heteroatoms. The molecule has 1 atom stereocenters. The van der Waals surface area contributed by atoms with Crippen LogP contribution in [-0.4, -0.2) is 33.6 Å². The highest BCUT2D eigenvalue weighted by atomic mass is 16.5. The number of aromatic hydroxyl groups is 1. The first-order valence-corrected chi connectivity index (χ1v) is 8.22. The molecule has 0 aliphatic carbocycles. The van der Waals surface area contributed by atoms with E-state index in [1.165, 1.54) is 25.1 Å². The first-order chi connectivity index (χ1) is 12.4. The zero-order valence-electron chi connectivity index (χ0n) is 14.6. The average Bonchev–Trinajstić information content (AvgIpc) is 2.60. The van der Waals surface area contributed by atoms with Gasteiger partial charge in [-0.25, -0.2) is 9.97 Å². The van der Waals surface area contributed by atoms with Crippen molar-refractivity contribution in [3.8, 4) is 22.9 Å². The summed E-state index contributed by atoms with van der Waals surface area (Å²) in [5.74, 6) is 0.810. The van der Waals surface area contributed by atoms with Gasteiger partial charge in [0.1, 0.15) is 17.3 Å². The second kappa shape index (κ2) is 7.37. The van der Waals surface area contributed by atoms with Gasteiger partial charge in [0.25, 0.3) is 0 Å². The van der Waals surface area contributed by atoms with Crippen molar-refractivity contribution in [2.24, 2.45) is 5.73 Å². The van der Waals surface area contributed by atoms with Crippen molar-refractivity contribution >= 4 is 22.7 Å². The van der Waals surface area contributed by atoms with Crippen LogP contribution >= 0.6 is 0 Å². The lowest BCUT2D eigenvalue weighted by Crippen LogP contribution is -2.25. The van der Waals surface area contributed by atoms with Crippen LogP contribution < -0.4 is 15.8 Å². The van der Waals surface area contributed by atoms with Crippen LogP contribution in [-0.2, 0) is 4.79 Å². The lowest BCUT2D eigenvalue weighted by atomic mass is 10.1. The lowest BCUT2D eigenvalue weighted by molar-refractivity contribution is -0.131. The number of aromatic nitrogens is 2. The SMILES string of the molecule is CC(=O)Oc1ccc(O)c(-c2nc(NC[C@@H](C)N)c3ccccc3n2)c1. The fourth-order valence-electron chi connectivity index (χ4n) is 2.51. The molecular weight excluding hydrogens is 332 g/mol. The number of carbonyl (C=O) groups excluding carboxylic acids is 1. The number of fused-ring (bicyclic) bond motifs is 1. The lowest BCUT2D eigenvalue weighted by Gasteiger charge is -2.13. The van der Waals surface area contributed by atoms with Crippen molar-refractivity contribution in [2.45, 2.75) is 19.9 Å². The van der Waals surface area contributed by atoms with Crippen LogP contribution in [0.1, 0.15) is 13.8 Å². The van der Waals surface area contributed by atoms with E-state index in [1.807, 2.05) is 31.2 Å². The minimum Gasteiger partial charge on any atom is -0.507 e. The number of para-hydroxylation sites is 1. The Labute approximate surface area is 150 Å². The zero-order chi connectivity index (χ0) is 18.7. The van der Waals surface area contributed by atoms with E-state index in [0.717, 1.165) is 10.9 Å². The number of ether oxygens (including phenoxy) is 1. The molecule has 0 aliphatic rings. The summed E-state index contributed by atoms with van der Waals surface area (Å²) in [5.41, 5.74) is 6.93. The van der Waals surface area contributed by atoms with Crippen LogP contribution in [0.25, 0.3) is 22.3 Å². The van der Waals surface area contributed by atoms with E-state index in [2.05, 4.69) is 15.3 Å². The number of esters is 1. The van der Waals surface area contributed by atoms with Crippen molar-refractivity contribution in [1.82, 2.24) is 9.97 Å². The third kappa shape index (κ3) is 3.89. The minimum absolute atomic E-state index is 0.00525. The van der Waals surface area contributed by atoms with Crippen LogP contribution in [0.4, 0.5) is 5.82 Å². The van der Waals surface area contributed by atoms with Crippen molar-refractivity contribution in [2.75, 3.05) is 11.9 Å². The Morgan fingerprint density at radius 3 is 2.77 bits per heavy atom. The first kappa shape index (κ1) is 17.6. The molecule has 0 spiro atoms. The smallest absolute Gasteiger partial charge is 0.308 e. The monoisotopic (exact) mass is 352 g/mol. The van der Waals surface area contributed by atoms with Crippen LogP contribution in [0.3, 0.4) is 0 Å². The maximum Gasteiger partial charge on any atom is 0.308 e. The molecule has 0 radical (unpaired) electrons. The Morgan fingerprint density at radius 1 is 1.27 bits per heavy atom. The molecular formula is C19H20N4O3. The quantitative estimate of drug-likeness (QED) is 0.478. The van der Waals surface area contributed by atoms with Gasteiger partial charge >= 0.3 is 5.97 Å². The van der Waals surface area contributed by atoms with Crippen LogP contribution in [0.5, 0.6) is 11.5 Å². The molecule has 0 fully saturated rings. The number of hydrogen-bond acceptors (Lipinski definition) is 7. The number of benzene rings is 2. The standard InChI is InChI=1S/C19H20N4O3/c1-11(20)10-21-18-14-5-3-4-6-16(14)22-19(23-18)15-9-13(26-12(2)24)7-8-17(15)25/h3-9,11,25H,10,20H2,1-2H3,(H,21,22,23)/t11-/m1/s1. The fraction of sp³-hybridized carbons (Fsp3) is 0.211. The summed E-state index contributed by atoms with van der Waals surface area (Å²) in [6.07, 6.45) is 0. The predicted molar refractivity (Wildman–Crippen MR) is 100 cm³/mol. The highest BCUT2D eigenvalue weighted by Gasteiger charge is 2.14. The number of hydrogen-bond donors (Lipinski definition) is 3. The van der Waals surface area contributed by atoms with Crippen molar-refractivity contribution in [1.29, 1.82) is 0 Å². The Bertz CT molecular complexity index is 957. The number of phenolic OH excluding ortho intramolecular Hbond substituents is 1. The number of carbonyl (C=O) groups is 1. The molecule has 1 aromatic heterocycles. The number of anilines is 1. The van der Waals surface area contributed by atoms with Crippen molar-refractivity contribution in [3.05, 3.63) is 42.5 Å². The Kier molecular flexibility index (Phi) is 4.99. The summed E-state index contributed by atoms with van der Waals surface area (Å²) >= 11 is 0. The van der Waals surface area contributed by atoms with Gasteiger partial charge in [0, 0.05) is 24.9 Å². The molecule has 0 saturated carbocycles. The predicted octanol–water partition coefficient (Wildman–Crippen LogP) is 2.69. The summed E-state index contributed by atoms with van der Waals surface area (Å²) in [5, 5.41) is 14.3. The average molecular weight is 352 g/mol. The van der Waals surface area contributed by atoms with Gasteiger partial charge in [0.15, 0.2) is 5.82 Å². The number of nitrogens with two attached hydrogens (primary N) is 1. The molecule has 3 rings (SSSR count). The van der Waals surface area contributed by atoms with Gasteiger partial charge in [-0.15, -0.1) is 0 Å². The van der Waals surface area contributed by atoms with Crippen molar-refractivity contribution in [3.63, 3.8) is 0 Å². The largest absolute Gasteiger partial charge is 0.507 e. The number of rotatable bonds is 5.